The van der Waals surface area contributed by atoms with Gasteiger partial charge >= 0.3 is 13.8 Å². The average molecular weight is 520 g/mol. The van der Waals surface area contributed by atoms with Crippen LogP contribution in [-0.2, 0) is 43.8 Å². The molecule has 3 unspecified atom stereocenters. The summed E-state index contributed by atoms with van der Waals surface area (Å²) in [6.45, 7) is 4.06. The van der Waals surface area contributed by atoms with Crippen LogP contribution in [0.15, 0.2) is 30.3 Å². The van der Waals surface area contributed by atoms with Gasteiger partial charge in [0.05, 0.1) is 32.8 Å². The molecule has 1 aromatic carbocycles. The molecular formula is C21H30NO8PS2. The Hall–Kier alpha value is -1.07. The molecule has 2 fully saturated rings. The molecule has 1 amide bonds. The largest absolute Gasteiger partial charge is 0.475 e. The number of carbonyl (C=O) groups excluding carboxylic acids is 2. The van der Waals surface area contributed by atoms with E-state index in [1.165, 1.54) is 7.11 Å². The standard InChI is InChI=1S/C21H30NO8PS2/c1-21(2)14-28-31(25,30-19(21)20(24)22-10-9-18(23)26-3)29-17-13-33-32-12-16(17)27-11-15-7-5-4-6-8-15/h4-8,16-17,19H,9-14H2,1-3H3,(H,22,24)/t16?,17?,19-,31?/m0/s1. The second-order valence-corrected chi connectivity index (χ2v) is 12.5. The Kier molecular flexibility index (Phi) is 9.70. The highest BCUT2D eigenvalue weighted by atomic mass is 33.1. The number of methoxy groups -OCH3 is 1. The van der Waals surface area contributed by atoms with Crippen molar-refractivity contribution >= 4 is 41.3 Å². The zero-order valence-electron chi connectivity index (χ0n) is 18.9. The van der Waals surface area contributed by atoms with Gasteiger partial charge in [-0.1, -0.05) is 65.8 Å². The van der Waals surface area contributed by atoms with Gasteiger partial charge in [-0.15, -0.1) is 0 Å². The van der Waals surface area contributed by atoms with Crippen molar-refractivity contribution in [2.24, 2.45) is 5.41 Å². The number of nitrogens with one attached hydrogen (secondary N) is 1. The Labute approximate surface area is 202 Å². The number of amides is 1. The van der Waals surface area contributed by atoms with Crippen LogP contribution >= 0.6 is 29.4 Å². The fourth-order valence-corrected chi connectivity index (χ4v) is 7.59. The van der Waals surface area contributed by atoms with Crippen LogP contribution in [0, 0.1) is 5.41 Å². The van der Waals surface area contributed by atoms with Crippen LogP contribution in [0.3, 0.4) is 0 Å². The maximum atomic E-state index is 13.4. The van der Waals surface area contributed by atoms with Crippen LogP contribution in [0.2, 0.25) is 0 Å². The third-order valence-corrected chi connectivity index (χ3v) is 9.02. The summed E-state index contributed by atoms with van der Waals surface area (Å²) in [6, 6.07) is 9.77. The van der Waals surface area contributed by atoms with E-state index in [2.05, 4.69) is 10.1 Å². The molecule has 1 aromatic rings. The molecular weight excluding hydrogens is 489 g/mol. The normalized spacial score (nSPS) is 29.2. The van der Waals surface area contributed by atoms with Crippen LogP contribution in [0.5, 0.6) is 0 Å². The van der Waals surface area contributed by atoms with E-state index in [4.69, 9.17) is 18.3 Å². The highest BCUT2D eigenvalue weighted by Crippen LogP contribution is 2.59. The van der Waals surface area contributed by atoms with Crippen LogP contribution < -0.4 is 5.32 Å². The quantitative estimate of drug-likeness (QED) is 0.295. The fourth-order valence-electron chi connectivity index (χ4n) is 3.21. The number of hydrogen-bond acceptors (Lipinski definition) is 10. The smallest absolute Gasteiger partial charge is 0.469 e. The lowest BCUT2D eigenvalue weighted by atomic mass is 9.87. The molecule has 2 saturated heterocycles. The lowest BCUT2D eigenvalue weighted by Crippen LogP contribution is -2.50. The number of phosphoric acid groups is 1. The van der Waals surface area contributed by atoms with Gasteiger partial charge in [0.25, 0.3) is 0 Å². The lowest BCUT2D eigenvalue weighted by Gasteiger charge is -2.41. The number of ether oxygens (including phenoxy) is 2. The van der Waals surface area contributed by atoms with Gasteiger partial charge in [-0.05, 0) is 5.56 Å². The Morgan fingerprint density at radius 2 is 1.88 bits per heavy atom. The van der Waals surface area contributed by atoms with Crippen LogP contribution in [-0.4, -0.2) is 62.0 Å². The first-order chi connectivity index (χ1) is 15.7. The Bertz CT molecular complexity index is 856. The van der Waals surface area contributed by atoms with E-state index in [0.717, 1.165) is 5.56 Å². The van der Waals surface area contributed by atoms with E-state index in [9.17, 15) is 14.2 Å². The van der Waals surface area contributed by atoms with Gasteiger partial charge in [-0.25, -0.2) is 4.57 Å². The molecule has 0 radical (unpaired) electrons. The molecule has 0 aliphatic carbocycles. The van der Waals surface area contributed by atoms with Crippen molar-refractivity contribution in [3.63, 3.8) is 0 Å². The fraction of sp³-hybridized carbons (Fsp3) is 0.619. The Morgan fingerprint density at radius 1 is 1.18 bits per heavy atom. The molecule has 1 N–H and O–H groups in total. The average Bonchev–Trinajstić information content (AvgIpc) is 2.81. The summed E-state index contributed by atoms with van der Waals surface area (Å²) in [5, 5.41) is 2.63. The second kappa shape index (κ2) is 12.1. The molecule has 9 nitrogen and oxygen atoms in total. The van der Waals surface area contributed by atoms with Crippen molar-refractivity contribution in [3.8, 4) is 0 Å². The maximum absolute atomic E-state index is 13.4. The zero-order chi connectivity index (χ0) is 23.9. The van der Waals surface area contributed by atoms with Gasteiger partial charge in [0, 0.05) is 23.5 Å². The van der Waals surface area contributed by atoms with Crippen molar-refractivity contribution < 1.29 is 37.2 Å². The minimum absolute atomic E-state index is 0.0174. The molecule has 3 rings (SSSR count). The number of esters is 1. The van der Waals surface area contributed by atoms with Crippen molar-refractivity contribution in [3.05, 3.63) is 35.9 Å². The topological polar surface area (TPSA) is 109 Å². The van der Waals surface area contributed by atoms with Gasteiger partial charge in [-0.2, -0.15) is 0 Å². The van der Waals surface area contributed by atoms with Crippen LogP contribution in [0.1, 0.15) is 25.8 Å². The molecule has 12 heteroatoms. The van der Waals surface area contributed by atoms with E-state index < -0.39 is 37.3 Å². The molecule has 33 heavy (non-hydrogen) atoms. The van der Waals surface area contributed by atoms with Crippen molar-refractivity contribution in [2.45, 2.75) is 45.2 Å². The SMILES string of the molecule is COC(=O)CCNC(=O)[C@@H]1OP(=O)(OC2CSSCC2OCc2ccccc2)OCC1(C)C. The lowest BCUT2D eigenvalue weighted by molar-refractivity contribution is -0.144. The Morgan fingerprint density at radius 3 is 2.58 bits per heavy atom. The van der Waals surface area contributed by atoms with E-state index in [1.54, 1.807) is 35.4 Å². The van der Waals surface area contributed by atoms with E-state index in [1.807, 2.05) is 30.3 Å². The summed E-state index contributed by atoms with van der Waals surface area (Å²) in [5.74, 6) is 0.276. The molecule has 0 aromatic heterocycles. The first-order valence-electron chi connectivity index (χ1n) is 10.6. The number of benzene rings is 1. The predicted octanol–water partition coefficient (Wildman–Crippen LogP) is 3.58. The first kappa shape index (κ1) is 26.5. The third kappa shape index (κ3) is 7.71. The molecule has 2 heterocycles. The Balaban J connectivity index is 1.61. The molecule has 184 valence electrons. The summed E-state index contributed by atoms with van der Waals surface area (Å²) in [7, 11) is 0.517. The summed E-state index contributed by atoms with van der Waals surface area (Å²) in [4.78, 5) is 24.0. The highest BCUT2D eigenvalue weighted by Gasteiger charge is 2.50. The van der Waals surface area contributed by atoms with E-state index >= 15 is 0 Å². The van der Waals surface area contributed by atoms with Crippen molar-refractivity contribution in [2.75, 3.05) is 31.8 Å². The minimum Gasteiger partial charge on any atom is -0.469 e. The number of hydrogen-bond donors (Lipinski definition) is 1. The van der Waals surface area contributed by atoms with E-state index in [-0.39, 0.29) is 25.7 Å². The molecule has 0 bridgehead atoms. The zero-order valence-corrected chi connectivity index (χ0v) is 21.4. The summed E-state index contributed by atoms with van der Waals surface area (Å²) < 4.78 is 41.0. The first-order valence-corrected chi connectivity index (χ1v) is 14.5. The van der Waals surface area contributed by atoms with E-state index in [0.29, 0.717) is 18.1 Å². The minimum atomic E-state index is -4.02. The van der Waals surface area contributed by atoms with Gasteiger partial charge < -0.3 is 14.8 Å². The number of rotatable bonds is 9. The molecule has 0 saturated carbocycles. The summed E-state index contributed by atoms with van der Waals surface area (Å²) in [5.41, 5.74) is 0.286. The molecule has 0 spiro atoms. The van der Waals surface area contributed by atoms with Crippen LogP contribution in [0.4, 0.5) is 0 Å². The van der Waals surface area contributed by atoms with Gasteiger partial charge in [0.1, 0.15) is 6.10 Å². The number of phosphoric ester groups is 1. The number of carbonyl (C=O) groups is 2. The van der Waals surface area contributed by atoms with Gasteiger partial charge in [-0.3, -0.25) is 23.2 Å². The second-order valence-electron chi connectivity index (χ2n) is 8.36. The molecule has 4 atom stereocenters. The van der Waals surface area contributed by atoms with Crippen LogP contribution in [0.25, 0.3) is 0 Å². The predicted molar refractivity (Wildman–Crippen MR) is 127 cm³/mol. The molecule has 2 aliphatic rings. The maximum Gasteiger partial charge on any atom is 0.475 e. The highest BCUT2D eigenvalue weighted by molar-refractivity contribution is 8.76. The van der Waals surface area contributed by atoms with Gasteiger partial charge in [0.2, 0.25) is 5.91 Å². The molecule has 2 aliphatic heterocycles. The summed E-state index contributed by atoms with van der Waals surface area (Å²) in [6.07, 6.45) is -1.87. The monoisotopic (exact) mass is 519 g/mol. The summed E-state index contributed by atoms with van der Waals surface area (Å²) >= 11 is 0. The van der Waals surface area contributed by atoms with Gasteiger partial charge in [0.15, 0.2) is 6.10 Å². The third-order valence-electron chi connectivity index (χ3n) is 5.17. The van der Waals surface area contributed by atoms with Crippen molar-refractivity contribution in [1.29, 1.82) is 0 Å². The van der Waals surface area contributed by atoms with Crippen molar-refractivity contribution in [1.82, 2.24) is 5.32 Å².